The highest BCUT2D eigenvalue weighted by Crippen LogP contribution is 2.24. The molecule has 8 heteroatoms. The number of halogens is 3. The third-order valence-corrected chi connectivity index (χ3v) is 3.56. The molecule has 23 heavy (non-hydrogen) atoms. The lowest BCUT2D eigenvalue weighted by Crippen LogP contribution is -2.12. The second kappa shape index (κ2) is 6.36. The molecule has 0 aliphatic heterocycles. The number of amides is 1. The van der Waals surface area contributed by atoms with Crippen molar-refractivity contribution in [3.63, 3.8) is 0 Å². The molecule has 1 aromatic carbocycles. The summed E-state index contributed by atoms with van der Waals surface area (Å²) in [6, 6.07) is 6.29. The Morgan fingerprint density at radius 1 is 1.22 bits per heavy atom. The second-order valence-corrected chi connectivity index (χ2v) is 5.42. The standard InChI is InChI=1S/C15H9Cl2FN4O/c16-10-1-2-14(11(17)5-10)22-8-9(6-20-22)15(23)21-13-3-4-19-7-12(13)18/h1-8H,(H,19,21,23). The van der Waals surface area contributed by atoms with Crippen molar-refractivity contribution in [2.45, 2.75) is 0 Å². The summed E-state index contributed by atoms with van der Waals surface area (Å²) in [6.45, 7) is 0. The van der Waals surface area contributed by atoms with E-state index in [0.717, 1.165) is 6.20 Å². The van der Waals surface area contributed by atoms with Crippen LogP contribution in [0, 0.1) is 5.82 Å². The Morgan fingerprint density at radius 3 is 2.78 bits per heavy atom. The average Bonchev–Trinajstić information content (AvgIpc) is 2.99. The van der Waals surface area contributed by atoms with Gasteiger partial charge in [-0.15, -0.1) is 0 Å². The van der Waals surface area contributed by atoms with Gasteiger partial charge in [0.1, 0.15) is 0 Å². The first kappa shape index (κ1) is 15.5. The first-order valence-corrected chi connectivity index (χ1v) is 7.21. The Balaban J connectivity index is 1.84. The molecule has 3 aromatic rings. The zero-order valence-electron chi connectivity index (χ0n) is 11.5. The zero-order chi connectivity index (χ0) is 16.4. The third-order valence-electron chi connectivity index (χ3n) is 3.02. The summed E-state index contributed by atoms with van der Waals surface area (Å²) >= 11 is 11.9. The van der Waals surface area contributed by atoms with Crippen LogP contribution in [0.15, 0.2) is 49.1 Å². The summed E-state index contributed by atoms with van der Waals surface area (Å²) in [7, 11) is 0. The van der Waals surface area contributed by atoms with Crippen molar-refractivity contribution >= 4 is 34.8 Å². The topological polar surface area (TPSA) is 59.8 Å². The lowest BCUT2D eigenvalue weighted by atomic mass is 10.3. The highest BCUT2D eigenvalue weighted by molar-refractivity contribution is 6.35. The van der Waals surface area contributed by atoms with Crippen LogP contribution in [0.4, 0.5) is 10.1 Å². The summed E-state index contributed by atoms with van der Waals surface area (Å²) < 4.78 is 14.9. The lowest BCUT2D eigenvalue weighted by molar-refractivity contribution is 0.102. The quantitative estimate of drug-likeness (QED) is 0.777. The van der Waals surface area contributed by atoms with Gasteiger partial charge in [-0.25, -0.2) is 9.07 Å². The van der Waals surface area contributed by atoms with Gasteiger partial charge in [0.25, 0.3) is 5.91 Å². The van der Waals surface area contributed by atoms with Gasteiger partial charge >= 0.3 is 0 Å². The molecule has 5 nitrogen and oxygen atoms in total. The van der Waals surface area contributed by atoms with E-state index in [1.54, 1.807) is 18.2 Å². The van der Waals surface area contributed by atoms with Crippen LogP contribution in [-0.4, -0.2) is 20.7 Å². The minimum Gasteiger partial charge on any atom is -0.319 e. The summed E-state index contributed by atoms with van der Waals surface area (Å²) in [5.74, 6) is -1.11. The van der Waals surface area contributed by atoms with Gasteiger partial charge in [-0.3, -0.25) is 9.78 Å². The van der Waals surface area contributed by atoms with Gasteiger partial charge in [0.05, 0.1) is 34.4 Å². The van der Waals surface area contributed by atoms with Crippen molar-refractivity contribution in [2.24, 2.45) is 0 Å². The molecule has 0 atom stereocenters. The first-order chi connectivity index (χ1) is 11.0. The monoisotopic (exact) mass is 350 g/mol. The number of nitrogens with zero attached hydrogens (tertiary/aromatic N) is 3. The maximum atomic E-state index is 13.5. The molecule has 0 spiro atoms. The SMILES string of the molecule is O=C(Nc1ccncc1F)c1cnn(-c2ccc(Cl)cc2Cl)c1. The largest absolute Gasteiger partial charge is 0.319 e. The average molecular weight is 351 g/mol. The summed E-state index contributed by atoms with van der Waals surface area (Å²) in [4.78, 5) is 15.8. The lowest BCUT2D eigenvalue weighted by Gasteiger charge is -2.05. The fourth-order valence-electron chi connectivity index (χ4n) is 1.91. The number of rotatable bonds is 3. The summed E-state index contributed by atoms with van der Waals surface area (Å²) in [6.07, 6.45) is 5.25. The third kappa shape index (κ3) is 3.33. The number of nitrogens with one attached hydrogen (secondary N) is 1. The van der Waals surface area contributed by atoms with Gasteiger partial charge in [-0.1, -0.05) is 23.2 Å². The van der Waals surface area contributed by atoms with Crippen molar-refractivity contribution in [1.82, 2.24) is 14.8 Å². The molecule has 0 bridgehead atoms. The number of hydrogen-bond donors (Lipinski definition) is 1. The molecular formula is C15H9Cl2FN4O. The van der Waals surface area contributed by atoms with Gasteiger partial charge in [0.2, 0.25) is 0 Å². The molecule has 2 heterocycles. The van der Waals surface area contributed by atoms with Gasteiger partial charge in [-0.2, -0.15) is 5.10 Å². The Bertz CT molecular complexity index is 881. The predicted molar refractivity (Wildman–Crippen MR) is 85.7 cm³/mol. The molecule has 1 N–H and O–H groups in total. The van der Waals surface area contributed by atoms with E-state index in [1.165, 1.54) is 29.3 Å². The van der Waals surface area contributed by atoms with E-state index in [4.69, 9.17) is 23.2 Å². The number of carbonyl (C=O) groups excluding carboxylic acids is 1. The van der Waals surface area contributed by atoms with E-state index in [0.29, 0.717) is 15.7 Å². The van der Waals surface area contributed by atoms with Crippen LogP contribution in [0.2, 0.25) is 10.0 Å². The maximum absolute atomic E-state index is 13.5. The molecule has 3 rings (SSSR count). The second-order valence-electron chi connectivity index (χ2n) is 4.58. The van der Waals surface area contributed by atoms with Crippen molar-refractivity contribution in [1.29, 1.82) is 0 Å². The Hall–Kier alpha value is -2.44. The smallest absolute Gasteiger partial charge is 0.258 e. The van der Waals surface area contributed by atoms with Gasteiger partial charge in [-0.05, 0) is 24.3 Å². The van der Waals surface area contributed by atoms with E-state index in [1.807, 2.05) is 0 Å². The molecule has 0 saturated carbocycles. The van der Waals surface area contributed by atoms with Crippen LogP contribution in [0.5, 0.6) is 0 Å². The molecule has 0 unspecified atom stereocenters. The van der Waals surface area contributed by atoms with Gasteiger partial charge in [0, 0.05) is 17.4 Å². The van der Waals surface area contributed by atoms with Crippen molar-refractivity contribution in [3.8, 4) is 5.69 Å². The van der Waals surface area contributed by atoms with Crippen LogP contribution >= 0.6 is 23.2 Å². The van der Waals surface area contributed by atoms with E-state index in [2.05, 4.69) is 15.4 Å². The maximum Gasteiger partial charge on any atom is 0.258 e. The van der Waals surface area contributed by atoms with Crippen LogP contribution in [0.3, 0.4) is 0 Å². The highest BCUT2D eigenvalue weighted by atomic mass is 35.5. The number of carbonyl (C=O) groups is 1. The summed E-state index contributed by atoms with van der Waals surface area (Å²) in [5.41, 5.74) is 0.875. The van der Waals surface area contributed by atoms with Crippen LogP contribution in [0.1, 0.15) is 10.4 Å². The molecule has 116 valence electrons. The first-order valence-electron chi connectivity index (χ1n) is 6.45. The minimum atomic E-state index is -0.617. The fraction of sp³-hybridized carbons (Fsp3) is 0. The van der Waals surface area contributed by atoms with E-state index in [-0.39, 0.29) is 11.3 Å². The number of hydrogen-bond acceptors (Lipinski definition) is 3. The zero-order valence-corrected chi connectivity index (χ0v) is 13.0. The Kier molecular flexibility index (Phi) is 4.27. The van der Waals surface area contributed by atoms with Crippen LogP contribution in [0.25, 0.3) is 5.69 Å². The van der Waals surface area contributed by atoms with E-state index < -0.39 is 11.7 Å². The molecule has 2 aromatic heterocycles. The molecule has 0 radical (unpaired) electrons. The molecule has 0 aliphatic carbocycles. The van der Waals surface area contributed by atoms with Crippen LogP contribution in [-0.2, 0) is 0 Å². The van der Waals surface area contributed by atoms with Gasteiger partial charge in [0.15, 0.2) is 5.82 Å². The number of anilines is 1. The predicted octanol–water partition coefficient (Wildman–Crippen LogP) is 3.97. The highest BCUT2D eigenvalue weighted by Gasteiger charge is 2.13. The number of benzene rings is 1. The van der Waals surface area contributed by atoms with Crippen molar-refractivity contribution in [3.05, 3.63) is 70.5 Å². The number of aromatic nitrogens is 3. The summed E-state index contributed by atoms with van der Waals surface area (Å²) in [5, 5.41) is 7.43. The minimum absolute atomic E-state index is 0.0438. The molecule has 1 amide bonds. The van der Waals surface area contributed by atoms with E-state index >= 15 is 0 Å². The Labute approximate surface area is 140 Å². The number of pyridine rings is 1. The van der Waals surface area contributed by atoms with Crippen molar-refractivity contribution in [2.75, 3.05) is 5.32 Å². The fourth-order valence-corrected chi connectivity index (χ4v) is 2.41. The van der Waals surface area contributed by atoms with Crippen LogP contribution < -0.4 is 5.32 Å². The Morgan fingerprint density at radius 2 is 2.04 bits per heavy atom. The molecule has 0 fully saturated rings. The molecule has 0 saturated heterocycles. The normalized spacial score (nSPS) is 10.6. The van der Waals surface area contributed by atoms with Gasteiger partial charge < -0.3 is 5.32 Å². The van der Waals surface area contributed by atoms with Crippen molar-refractivity contribution < 1.29 is 9.18 Å². The molecular weight excluding hydrogens is 342 g/mol. The molecule has 0 aliphatic rings. The van der Waals surface area contributed by atoms with E-state index in [9.17, 15) is 9.18 Å².